The van der Waals surface area contributed by atoms with Gasteiger partial charge in [0.1, 0.15) is 0 Å². The third kappa shape index (κ3) is 2.28. The third-order valence-electron chi connectivity index (χ3n) is 2.05. The van der Waals surface area contributed by atoms with E-state index in [0.29, 0.717) is 0 Å². The van der Waals surface area contributed by atoms with Crippen LogP contribution in [0.4, 0.5) is 0 Å². The van der Waals surface area contributed by atoms with Gasteiger partial charge in [0.25, 0.3) is 12.6 Å². The van der Waals surface area contributed by atoms with E-state index in [1.165, 1.54) is 0 Å². The first-order valence-electron chi connectivity index (χ1n) is 4.50. The SMILES string of the molecule is CCCCN1C=CN(C)C1OC#N. The molecule has 1 aliphatic rings. The fraction of sp³-hybridized carbons (Fsp3) is 0.667. The van der Waals surface area contributed by atoms with Crippen LogP contribution in [0.3, 0.4) is 0 Å². The Hall–Kier alpha value is -1.37. The molecule has 0 saturated carbocycles. The predicted molar refractivity (Wildman–Crippen MR) is 49.0 cm³/mol. The zero-order valence-corrected chi connectivity index (χ0v) is 8.10. The monoisotopic (exact) mass is 181 g/mol. The Labute approximate surface area is 79.0 Å². The van der Waals surface area contributed by atoms with Crippen molar-refractivity contribution in [1.29, 1.82) is 5.26 Å². The van der Waals surface area contributed by atoms with Gasteiger partial charge in [-0.05, 0) is 6.42 Å². The second kappa shape index (κ2) is 4.61. The second-order valence-electron chi connectivity index (χ2n) is 3.09. The number of hydrogen-bond acceptors (Lipinski definition) is 4. The zero-order chi connectivity index (χ0) is 9.68. The van der Waals surface area contributed by atoms with Crippen LogP contribution >= 0.6 is 0 Å². The summed E-state index contributed by atoms with van der Waals surface area (Å²) in [6.07, 6.45) is 7.61. The Morgan fingerprint density at radius 3 is 2.92 bits per heavy atom. The van der Waals surface area contributed by atoms with Crippen molar-refractivity contribution in [1.82, 2.24) is 9.80 Å². The maximum absolute atomic E-state index is 8.43. The average molecular weight is 181 g/mol. The molecule has 4 heteroatoms. The molecule has 4 nitrogen and oxygen atoms in total. The lowest BCUT2D eigenvalue weighted by molar-refractivity contribution is -0.0384. The predicted octanol–water partition coefficient (Wildman–Crippen LogP) is 1.29. The van der Waals surface area contributed by atoms with E-state index in [-0.39, 0.29) is 6.35 Å². The van der Waals surface area contributed by atoms with Gasteiger partial charge in [0.2, 0.25) is 0 Å². The van der Waals surface area contributed by atoms with Crippen LogP contribution in [-0.2, 0) is 4.74 Å². The van der Waals surface area contributed by atoms with Crippen molar-refractivity contribution >= 4 is 0 Å². The molecule has 1 atom stereocenters. The van der Waals surface area contributed by atoms with E-state index in [1.54, 1.807) is 6.26 Å². The molecule has 0 N–H and O–H groups in total. The highest BCUT2D eigenvalue weighted by Crippen LogP contribution is 2.15. The molecule has 0 aromatic heterocycles. The summed E-state index contributed by atoms with van der Waals surface area (Å²) in [5.41, 5.74) is 0. The summed E-state index contributed by atoms with van der Waals surface area (Å²) in [5, 5.41) is 8.43. The molecule has 1 rings (SSSR count). The van der Waals surface area contributed by atoms with Crippen molar-refractivity contribution in [3.05, 3.63) is 12.4 Å². The quantitative estimate of drug-likeness (QED) is 0.613. The second-order valence-corrected chi connectivity index (χ2v) is 3.09. The number of hydrogen-bond donors (Lipinski definition) is 0. The number of ether oxygens (including phenoxy) is 1. The average Bonchev–Trinajstić information content (AvgIpc) is 2.46. The molecule has 0 radical (unpaired) electrons. The minimum Gasteiger partial charge on any atom is -0.382 e. The molecule has 0 aromatic rings. The molecule has 13 heavy (non-hydrogen) atoms. The molecule has 0 aromatic carbocycles. The Kier molecular flexibility index (Phi) is 3.44. The molecule has 0 aliphatic carbocycles. The van der Waals surface area contributed by atoms with Crippen LogP contribution in [0.2, 0.25) is 0 Å². The fourth-order valence-corrected chi connectivity index (χ4v) is 1.30. The standard InChI is InChI=1S/C9H15N3O/c1-3-4-5-12-7-6-11(2)9(12)13-8-10/h6-7,9H,3-5H2,1-2H3. The van der Waals surface area contributed by atoms with E-state index in [9.17, 15) is 0 Å². The van der Waals surface area contributed by atoms with E-state index in [0.717, 1.165) is 19.4 Å². The summed E-state index contributed by atoms with van der Waals surface area (Å²) in [7, 11) is 1.89. The van der Waals surface area contributed by atoms with Crippen LogP contribution in [0.1, 0.15) is 19.8 Å². The summed E-state index contributed by atoms with van der Waals surface area (Å²) in [4.78, 5) is 3.89. The van der Waals surface area contributed by atoms with Crippen molar-refractivity contribution in [2.24, 2.45) is 0 Å². The molecule has 0 bridgehead atoms. The highest BCUT2D eigenvalue weighted by atomic mass is 16.5. The van der Waals surface area contributed by atoms with E-state index in [2.05, 4.69) is 6.92 Å². The number of nitriles is 1. The van der Waals surface area contributed by atoms with Gasteiger partial charge in [-0.1, -0.05) is 13.3 Å². The van der Waals surface area contributed by atoms with Crippen molar-refractivity contribution in [2.45, 2.75) is 26.1 Å². The Morgan fingerprint density at radius 1 is 1.54 bits per heavy atom. The van der Waals surface area contributed by atoms with Gasteiger partial charge in [0.05, 0.1) is 0 Å². The highest BCUT2D eigenvalue weighted by molar-refractivity contribution is 4.92. The summed E-state index contributed by atoms with van der Waals surface area (Å²) in [6.45, 7) is 3.08. The number of nitrogens with zero attached hydrogens (tertiary/aromatic N) is 3. The fourth-order valence-electron chi connectivity index (χ4n) is 1.30. The van der Waals surface area contributed by atoms with Crippen LogP contribution in [0.25, 0.3) is 0 Å². The summed E-state index contributed by atoms with van der Waals surface area (Å²) < 4.78 is 4.92. The Balaban J connectivity index is 2.44. The molecule has 1 heterocycles. The summed E-state index contributed by atoms with van der Waals surface area (Å²) in [6, 6.07) is 0. The maximum Gasteiger partial charge on any atom is 0.290 e. The van der Waals surface area contributed by atoms with Crippen molar-refractivity contribution < 1.29 is 4.74 Å². The lowest BCUT2D eigenvalue weighted by atomic mass is 10.3. The zero-order valence-electron chi connectivity index (χ0n) is 8.10. The van der Waals surface area contributed by atoms with Crippen molar-refractivity contribution in [3.63, 3.8) is 0 Å². The van der Waals surface area contributed by atoms with Crippen molar-refractivity contribution in [2.75, 3.05) is 13.6 Å². The van der Waals surface area contributed by atoms with Crippen LogP contribution in [-0.4, -0.2) is 29.7 Å². The van der Waals surface area contributed by atoms with Crippen LogP contribution in [0, 0.1) is 11.5 Å². The largest absolute Gasteiger partial charge is 0.382 e. The molecular formula is C9H15N3O. The first-order chi connectivity index (χ1) is 6.29. The van der Waals surface area contributed by atoms with Gasteiger partial charge < -0.3 is 14.5 Å². The number of rotatable bonds is 4. The molecule has 1 unspecified atom stereocenters. The Morgan fingerprint density at radius 2 is 2.31 bits per heavy atom. The first-order valence-corrected chi connectivity index (χ1v) is 4.50. The van der Waals surface area contributed by atoms with Crippen LogP contribution in [0.15, 0.2) is 12.4 Å². The first kappa shape index (κ1) is 9.72. The molecule has 72 valence electrons. The topological polar surface area (TPSA) is 39.5 Å². The normalized spacial score (nSPS) is 20.5. The van der Waals surface area contributed by atoms with Gasteiger partial charge in [-0.3, -0.25) is 0 Å². The van der Waals surface area contributed by atoms with Gasteiger partial charge in [0, 0.05) is 26.0 Å². The van der Waals surface area contributed by atoms with Gasteiger partial charge in [-0.25, -0.2) is 0 Å². The summed E-state index contributed by atoms with van der Waals surface area (Å²) in [5.74, 6) is 0. The van der Waals surface area contributed by atoms with E-state index in [4.69, 9.17) is 10.00 Å². The molecular weight excluding hydrogens is 166 g/mol. The van der Waals surface area contributed by atoms with E-state index < -0.39 is 0 Å². The lowest BCUT2D eigenvalue weighted by Crippen LogP contribution is -2.38. The molecule has 0 amide bonds. The lowest BCUT2D eigenvalue weighted by Gasteiger charge is -2.26. The van der Waals surface area contributed by atoms with E-state index >= 15 is 0 Å². The molecule has 1 aliphatic heterocycles. The number of unbranched alkanes of at least 4 members (excludes halogenated alkanes) is 1. The third-order valence-corrected chi connectivity index (χ3v) is 2.05. The molecule has 0 spiro atoms. The van der Waals surface area contributed by atoms with Crippen LogP contribution < -0.4 is 0 Å². The maximum atomic E-state index is 8.43. The minimum absolute atomic E-state index is 0.239. The highest BCUT2D eigenvalue weighted by Gasteiger charge is 2.24. The van der Waals surface area contributed by atoms with Gasteiger partial charge >= 0.3 is 0 Å². The van der Waals surface area contributed by atoms with Gasteiger partial charge in [-0.2, -0.15) is 5.26 Å². The van der Waals surface area contributed by atoms with Gasteiger partial charge in [0.15, 0.2) is 0 Å². The Bertz CT molecular complexity index is 221. The molecule has 0 fully saturated rings. The van der Waals surface area contributed by atoms with Gasteiger partial charge in [-0.15, -0.1) is 0 Å². The van der Waals surface area contributed by atoms with Crippen LogP contribution in [0.5, 0.6) is 0 Å². The molecule has 0 saturated heterocycles. The minimum atomic E-state index is -0.239. The smallest absolute Gasteiger partial charge is 0.290 e. The summed E-state index contributed by atoms with van der Waals surface area (Å²) >= 11 is 0. The van der Waals surface area contributed by atoms with E-state index in [1.807, 2.05) is 29.2 Å². The van der Waals surface area contributed by atoms with Crippen molar-refractivity contribution in [3.8, 4) is 6.26 Å².